The molecule has 3 nitrogen and oxygen atoms in total. The van der Waals surface area contributed by atoms with Gasteiger partial charge in [-0.15, -0.1) is 0 Å². The molecule has 3 heteroatoms. The van der Waals surface area contributed by atoms with Gasteiger partial charge in [-0.25, -0.2) is 0 Å². The molecule has 1 aromatic carbocycles. The molecule has 2 rings (SSSR count). The van der Waals surface area contributed by atoms with Gasteiger partial charge in [-0.2, -0.15) is 0 Å². The average Bonchev–Trinajstić information content (AvgIpc) is 2.90. The summed E-state index contributed by atoms with van der Waals surface area (Å²) in [5.41, 5.74) is 2.47. The van der Waals surface area contributed by atoms with Crippen LogP contribution < -0.4 is 10.6 Å². The number of hydrogen-bond acceptors (Lipinski definition) is 2. The van der Waals surface area contributed by atoms with Crippen molar-refractivity contribution in [3.8, 4) is 0 Å². The quantitative estimate of drug-likeness (QED) is 0.873. The van der Waals surface area contributed by atoms with Crippen LogP contribution in [0.4, 0.5) is 0 Å². The molecule has 0 spiro atoms. The van der Waals surface area contributed by atoms with Crippen LogP contribution in [0.1, 0.15) is 37.4 Å². The predicted octanol–water partition coefficient (Wildman–Crippen LogP) is 2.42. The largest absolute Gasteiger partial charge is 0.349 e. The van der Waals surface area contributed by atoms with E-state index in [9.17, 15) is 4.79 Å². The Morgan fingerprint density at radius 1 is 1.37 bits per heavy atom. The highest BCUT2D eigenvalue weighted by atomic mass is 16.2. The van der Waals surface area contributed by atoms with Gasteiger partial charge in [0.05, 0.1) is 12.0 Å². The molecule has 0 saturated carbocycles. The molecule has 19 heavy (non-hydrogen) atoms. The van der Waals surface area contributed by atoms with Gasteiger partial charge in [0.25, 0.3) is 0 Å². The molecule has 1 aliphatic heterocycles. The highest BCUT2D eigenvalue weighted by Gasteiger charge is 2.26. The topological polar surface area (TPSA) is 41.1 Å². The maximum absolute atomic E-state index is 12.3. The smallest absolute Gasteiger partial charge is 0.224 e. The zero-order valence-electron chi connectivity index (χ0n) is 12.1. The third-order valence-electron chi connectivity index (χ3n) is 3.92. The van der Waals surface area contributed by atoms with Crippen LogP contribution in [0.2, 0.25) is 0 Å². The van der Waals surface area contributed by atoms with Crippen molar-refractivity contribution in [1.29, 1.82) is 0 Å². The van der Waals surface area contributed by atoms with E-state index in [2.05, 4.69) is 43.5 Å². The van der Waals surface area contributed by atoms with E-state index in [1.165, 1.54) is 11.1 Å². The zero-order chi connectivity index (χ0) is 13.8. The second kappa shape index (κ2) is 6.20. The Morgan fingerprint density at radius 3 is 2.68 bits per heavy atom. The molecule has 1 aromatic rings. The number of hydrogen-bond donors (Lipinski definition) is 2. The van der Waals surface area contributed by atoms with Gasteiger partial charge in [-0.1, -0.05) is 38.1 Å². The van der Waals surface area contributed by atoms with Crippen LogP contribution in [0.15, 0.2) is 24.3 Å². The standard InChI is InChI=1S/C16H24N2O/c1-11(2)15(14-7-5-4-6-12(14)3)18-16(19)13-8-9-17-10-13/h4-7,11,13,15,17H,8-10H2,1-3H3,(H,18,19). The second-order valence-corrected chi connectivity index (χ2v) is 5.78. The molecule has 1 heterocycles. The number of carbonyl (C=O) groups is 1. The van der Waals surface area contributed by atoms with Gasteiger partial charge >= 0.3 is 0 Å². The number of nitrogens with one attached hydrogen (secondary N) is 2. The Balaban J connectivity index is 2.12. The molecular weight excluding hydrogens is 236 g/mol. The van der Waals surface area contributed by atoms with Crippen molar-refractivity contribution in [2.75, 3.05) is 13.1 Å². The van der Waals surface area contributed by atoms with Crippen LogP contribution in [0.3, 0.4) is 0 Å². The number of rotatable bonds is 4. The molecule has 2 atom stereocenters. The number of carbonyl (C=O) groups excluding carboxylic acids is 1. The summed E-state index contributed by atoms with van der Waals surface area (Å²) in [7, 11) is 0. The second-order valence-electron chi connectivity index (χ2n) is 5.78. The number of amides is 1. The van der Waals surface area contributed by atoms with Crippen LogP contribution in [0, 0.1) is 18.8 Å². The molecular formula is C16H24N2O. The fourth-order valence-corrected chi connectivity index (χ4v) is 2.69. The first-order valence-electron chi connectivity index (χ1n) is 7.16. The minimum absolute atomic E-state index is 0.106. The van der Waals surface area contributed by atoms with Gasteiger partial charge in [0, 0.05) is 6.54 Å². The molecule has 2 unspecified atom stereocenters. The monoisotopic (exact) mass is 260 g/mol. The molecule has 0 radical (unpaired) electrons. The van der Waals surface area contributed by atoms with E-state index in [0.717, 1.165) is 19.5 Å². The van der Waals surface area contributed by atoms with Crippen molar-refractivity contribution in [2.45, 2.75) is 33.2 Å². The molecule has 2 N–H and O–H groups in total. The van der Waals surface area contributed by atoms with Crippen molar-refractivity contribution in [1.82, 2.24) is 10.6 Å². The molecule has 0 aromatic heterocycles. The third-order valence-corrected chi connectivity index (χ3v) is 3.92. The van der Waals surface area contributed by atoms with E-state index >= 15 is 0 Å². The average molecular weight is 260 g/mol. The molecule has 0 bridgehead atoms. The summed E-state index contributed by atoms with van der Waals surface area (Å²) in [6, 6.07) is 8.41. The Bertz CT molecular complexity index is 436. The summed E-state index contributed by atoms with van der Waals surface area (Å²) in [4.78, 5) is 12.3. The van der Waals surface area contributed by atoms with Gasteiger partial charge in [-0.3, -0.25) is 4.79 Å². The summed E-state index contributed by atoms with van der Waals surface area (Å²) >= 11 is 0. The van der Waals surface area contributed by atoms with Crippen LogP contribution in [-0.2, 0) is 4.79 Å². The van der Waals surface area contributed by atoms with Crippen LogP contribution in [0.25, 0.3) is 0 Å². The van der Waals surface area contributed by atoms with Crippen molar-refractivity contribution in [3.63, 3.8) is 0 Å². The molecule has 104 valence electrons. The van der Waals surface area contributed by atoms with Crippen molar-refractivity contribution in [3.05, 3.63) is 35.4 Å². The van der Waals surface area contributed by atoms with E-state index in [0.29, 0.717) is 5.92 Å². The zero-order valence-corrected chi connectivity index (χ0v) is 12.1. The maximum Gasteiger partial charge on any atom is 0.224 e. The van der Waals surface area contributed by atoms with Crippen LogP contribution in [0.5, 0.6) is 0 Å². The van der Waals surface area contributed by atoms with E-state index in [-0.39, 0.29) is 17.9 Å². The number of benzene rings is 1. The van der Waals surface area contributed by atoms with Gasteiger partial charge in [-0.05, 0) is 36.9 Å². The fourth-order valence-electron chi connectivity index (χ4n) is 2.69. The van der Waals surface area contributed by atoms with Crippen molar-refractivity contribution in [2.24, 2.45) is 11.8 Å². The lowest BCUT2D eigenvalue weighted by atomic mass is 9.92. The summed E-state index contributed by atoms with van der Waals surface area (Å²) in [6.45, 7) is 8.18. The summed E-state index contributed by atoms with van der Waals surface area (Å²) < 4.78 is 0. The highest BCUT2D eigenvalue weighted by molar-refractivity contribution is 5.79. The molecule has 1 aliphatic rings. The minimum Gasteiger partial charge on any atom is -0.349 e. The summed E-state index contributed by atoms with van der Waals surface area (Å²) in [5.74, 6) is 0.705. The first kappa shape index (κ1) is 14.1. The van der Waals surface area contributed by atoms with Crippen LogP contribution >= 0.6 is 0 Å². The Kier molecular flexibility index (Phi) is 4.59. The van der Waals surface area contributed by atoms with E-state index in [1.54, 1.807) is 0 Å². The Hall–Kier alpha value is -1.35. The van der Waals surface area contributed by atoms with Gasteiger partial charge < -0.3 is 10.6 Å². The maximum atomic E-state index is 12.3. The minimum atomic E-state index is 0.106. The SMILES string of the molecule is Cc1ccccc1C(NC(=O)C1CCNC1)C(C)C. The summed E-state index contributed by atoms with van der Waals surface area (Å²) in [6.07, 6.45) is 0.949. The van der Waals surface area contributed by atoms with E-state index < -0.39 is 0 Å². The summed E-state index contributed by atoms with van der Waals surface area (Å²) in [5, 5.41) is 6.48. The van der Waals surface area contributed by atoms with Crippen LogP contribution in [-0.4, -0.2) is 19.0 Å². The van der Waals surface area contributed by atoms with Crippen molar-refractivity contribution >= 4 is 5.91 Å². The Labute approximate surface area is 115 Å². The molecule has 1 fully saturated rings. The Morgan fingerprint density at radius 2 is 2.11 bits per heavy atom. The fraction of sp³-hybridized carbons (Fsp3) is 0.562. The van der Waals surface area contributed by atoms with Gasteiger partial charge in [0.1, 0.15) is 0 Å². The molecule has 0 aliphatic carbocycles. The lowest BCUT2D eigenvalue weighted by molar-refractivity contribution is -0.125. The first-order chi connectivity index (χ1) is 9.09. The predicted molar refractivity (Wildman–Crippen MR) is 77.9 cm³/mol. The van der Waals surface area contributed by atoms with E-state index in [4.69, 9.17) is 0 Å². The van der Waals surface area contributed by atoms with Gasteiger partial charge in [0.15, 0.2) is 0 Å². The lowest BCUT2D eigenvalue weighted by Gasteiger charge is -2.26. The number of aryl methyl sites for hydroxylation is 1. The van der Waals surface area contributed by atoms with Crippen molar-refractivity contribution < 1.29 is 4.79 Å². The normalized spacial score (nSPS) is 20.5. The highest BCUT2D eigenvalue weighted by Crippen LogP contribution is 2.25. The molecule has 1 saturated heterocycles. The van der Waals surface area contributed by atoms with E-state index in [1.807, 2.05) is 12.1 Å². The molecule has 1 amide bonds. The lowest BCUT2D eigenvalue weighted by Crippen LogP contribution is -2.37. The van der Waals surface area contributed by atoms with Gasteiger partial charge in [0.2, 0.25) is 5.91 Å². The first-order valence-corrected chi connectivity index (χ1v) is 7.16. The third kappa shape index (κ3) is 3.35.